The average molecular weight is 430 g/mol. The summed E-state index contributed by atoms with van der Waals surface area (Å²) >= 11 is 0. The lowest BCUT2D eigenvalue weighted by Crippen LogP contribution is -2.13. The molecule has 3 aromatic rings. The number of amides is 1. The van der Waals surface area contributed by atoms with E-state index in [0.29, 0.717) is 23.8 Å². The lowest BCUT2D eigenvalue weighted by atomic mass is 10.0. The molecule has 0 saturated heterocycles. The van der Waals surface area contributed by atoms with E-state index in [-0.39, 0.29) is 11.4 Å². The van der Waals surface area contributed by atoms with Crippen LogP contribution in [-0.2, 0) is 11.4 Å². The van der Waals surface area contributed by atoms with Gasteiger partial charge in [0.1, 0.15) is 35.6 Å². The second kappa shape index (κ2) is 10.3. The zero-order valence-corrected chi connectivity index (χ0v) is 18.1. The molecule has 3 aromatic carbocycles. The summed E-state index contributed by atoms with van der Waals surface area (Å²) in [5.41, 5.74) is 3.86. The van der Waals surface area contributed by atoms with E-state index in [9.17, 15) is 14.4 Å². The van der Waals surface area contributed by atoms with Crippen LogP contribution < -0.4 is 14.8 Å². The third-order valence-corrected chi connectivity index (χ3v) is 4.80. The summed E-state index contributed by atoms with van der Waals surface area (Å²) < 4.78 is 24.1. The molecule has 162 valence electrons. The highest BCUT2D eigenvalue weighted by atomic mass is 19.1. The number of carbonyl (C=O) groups excluding carboxylic acids is 1. The second-order valence-corrected chi connectivity index (χ2v) is 7.25. The third kappa shape index (κ3) is 5.73. The molecule has 0 heterocycles. The molecule has 5 nitrogen and oxygen atoms in total. The van der Waals surface area contributed by atoms with Gasteiger partial charge in [0.15, 0.2) is 0 Å². The fraction of sp³-hybridized carbons (Fsp3) is 0.154. The fourth-order valence-electron chi connectivity index (χ4n) is 3.22. The van der Waals surface area contributed by atoms with Crippen LogP contribution in [0.2, 0.25) is 0 Å². The molecule has 32 heavy (non-hydrogen) atoms. The smallest absolute Gasteiger partial charge is 0.266 e. The van der Waals surface area contributed by atoms with Crippen LogP contribution >= 0.6 is 0 Å². The van der Waals surface area contributed by atoms with Gasteiger partial charge < -0.3 is 14.8 Å². The summed E-state index contributed by atoms with van der Waals surface area (Å²) in [6.07, 6.45) is 1.54. The lowest BCUT2D eigenvalue weighted by molar-refractivity contribution is -0.112. The van der Waals surface area contributed by atoms with Gasteiger partial charge in [0.25, 0.3) is 5.91 Å². The molecule has 0 spiro atoms. The first-order chi connectivity index (χ1) is 15.4. The van der Waals surface area contributed by atoms with Crippen molar-refractivity contribution in [2.24, 2.45) is 0 Å². The van der Waals surface area contributed by atoms with E-state index in [4.69, 9.17) is 9.47 Å². The first kappa shape index (κ1) is 22.6. The highest BCUT2D eigenvalue weighted by Crippen LogP contribution is 2.27. The SMILES string of the molecule is COc1ccc(NC(=O)/C(C#N)=C/c2cc(C)c(OCc3ccc(F)cc3)c(C)c2)cc1. The molecule has 0 aliphatic carbocycles. The summed E-state index contributed by atoms with van der Waals surface area (Å²) in [5.74, 6) is 0.602. The molecule has 0 fully saturated rings. The first-order valence-electron chi connectivity index (χ1n) is 9.95. The zero-order valence-electron chi connectivity index (χ0n) is 18.1. The molecule has 0 unspecified atom stereocenters. The molecule has 0 aliphatic rings. The van der Waals surface area contributed by atoms with Crippen LogP contribution in [-0.4, -0.2) is 13.0 Å². The van der Waals surface area contributed by atoms with Crippen molar-refractivity contribution in [3.05, 3.63) is 94.3 Å². The Morgan fingerprint density at radius 1 is 1.06 bits per heavy atom. The van der Waals surface area contributed by atoms with Gasteiger partial charge >= 0.3 is 0 Å². The van der Waals surface area contributed by atoms with Crippen LogP contribution in [0.25, 0.3) is 6.08 Å². The lowest BCUT2D eigenvalue weighted by Gasteiger charge is -2.13. The number of anilines is 1. The van der Waals surface area contributed by atoms with Gasteiger partial charge in [0.2, 0.25) is 0 Å². The van der Waals surface area contributed by atoms with Crippen molar-refractivity contribution in [1.29, 1.82) is 5.26 Å². The number of rotatable bonds is 7. The van der Waals surface area contributed by atoms with Crippen LogP contribution in [0.5, 0.6) is 11.5 Å². The molecular formula is C26H23FN2O3. The number of halogens is 1. The monoisotopic (exact) mass is 430 g/mol. The summed E-state index contributed by atoms with van der Waals surface area (Å²) in [4.78, 5) is 12.5. The largest absolute Gasteiger partial charge is 0.497 e. The maximum Gasteiger partial charge on any atom is 0.266 e. The predicted molar refractivity (Wildman–Crippen MR) is 122 cm³/mol. The number of ether oxygens (including phenoxy) is 2. The number of aryl methyl sites for hydroxylation is 2. The van der Waals surface area contributed by atoms with Gasteiger partial charge in [0, 0.05) is 5.69 Å². The minimum absolute atomic E-state index is 0.0143. The van der Waals surface area contributed by atoms with Crippen LogP contribution in [0.1, 0.15) is 22.3 Å². The molecule has 1 amide bonds. The average Bonchev–Trinajstić information content (AvgIpc) is 2.78. The van der Waals surface area contributed by atoms with E-state index in [2.05, 4.69) is 5.32 Å². The molecule has 0 saturated carbocycles. The number of hydrogen-bond donors (Lipinski definition) is 1. The molecule has 0 radical (unpaired) electrons. The number of hydrogen-bond acceptors (Lipinski definition) is 4. The van der Waals surface area contributed by atoms with Crippen LogP contribution in [0.15, 0.2) is 66.2 Å². The highest BCUT2D eigenvalue weighted by Gasteiger charge is 2.12. The standard InChI is InChI=1S/C26H23FN2O3/c1-17-12-20(13-18(2)25(17)32-16-19-4-6-22(27)7-5-19)14-21(15-28)26(30)29-23-8-10-24(31-3)11-9-23/h4-14H,16H2,1-3H3,(H,29,30)/b21-14+. The molecule has 3 rings (SSSR count). The Kier molecular flexibility index (Phi) is 7.25. The minimum atomic E-state index is -0.496. The van der Waals surface area contributed by atoms with Gasteiger partial charge in [-0.25, -0.2) is 4.39 Å². The normalized spacial score (nSPS) is 10.9. The van der Waals surface area contributed by atoms with Crippen molar-refractivity contribution < 1.29 is 18.7 Å². The van der Waals surface area contributed by atoms with Crippen molar-refractivity contribution in [2.45, 2.75) is 20.5 Å². The predicted octanol–water partition coefficient (Wildman–Crippen LogP) is 5.58. The minimum Gasteiger partial charge on any atom is -0.497 e. The Bertz CT molecular complexity index is 1150. The van der Waals surface area contributed by atoms with Gasteiger partial charge in [-0.3, -0.25) is 4.79 Å². The topological polar surface area (TPSA) is 71.3 Å². The Morgan fingerprint density at radius 3 is 2.25 bits per heavy atom. The summed E-state index contributed by atoms with van der Waals surface area (Å²) in [5, 5.41) is 12.2. The maximum atomic E-state index is 13.1. The molecule has 0 aromatic heterocycles. The van der Waals surface area contributed by atoms with Gasteiger partial charge in [-0.15, -0.1) is 0 Å². The van der Waals surface area contributed by atoms with E-state index in [0.717, 1.165) is 22.3 Å². The van der Waals surface area contributed by atoms with Crippen molar-refractivity contribution in [3.8, 4) is 17.6 Å². The Morgan fingerprint density at radius 2 is 1.69 bits per heavy atom. The fourth-order valence-corrected chi connectivity index (χ4v) is 3.22. The van der Waals surface area contributed by atoms with Gasteiger partial charge in [-0.2, -0.15) is 5.26 Å². The molecule has 6 heteroatoms. The molecule has 0 atom stereocenters. The highest BCUT2D eigenvalue weighted by molar-refractivity contribution is 6.09. The summed E-state index contributed by atoms with van der Waals surface area (Å²) in [6.45, 7) is 4.10. The molecule has 0 aliphatic heterocycles. The van der Waals surface area contributed by atoms with Gasteiger partial charge in [-0.05, 0) is 90.7 Å². The Labute approximate surface area is 186 Å². The molecule has 1 N–H and O–H groups in total. The number of carbonyl (C=O) groups is 1. The van der Waals surface area contributed by atoms with Crippen LogP contribution in [0.4, 0.5) is 10.1 Å². The third-order valence-electron chi connectivity index (χ3n) is 4.80. The molecule has 0 bridgehead atoms. The number of methoxy groups -OCH3 is 1. The van der Waals surface area contributed by atoms with E-state index in [1.54, 1.807) is 49.6 Å². The summed E-state index contributed by atoms with van der Waals surface area (Å²) in [7, 11) is 1.56. The van der Waals surface area contributed by atoms with E-state index in [1.165, 1.54) is 12.1 Å². The van der Waals surface area contributed by atoms with Crippen molar-refractivity contribution in [1.82, 2.24) is 0 Å². The second-order valence-electron chi connectivity index (χ2n) is 7.25. The maximum absolute atomic E-state index is 13.1. The zero-order chi connectivity index (χ0) is 23.1. The van der Waals surface area contributed by atoms with E-state index in [1.807, 2.05) is 32.0 Å². The quantitative estimate of drug-likeness (QED) is 0.393. The van der Waals surface area contributed by atoms with Crippen molar-refractivity contribution >= 4 is 17.7 Å². The number of benzene rings is 3. The van der Waals surface area contributed by atoms with Gasteiger partial charge in [0.05, 0.1) is 7.11 Å². The Balaban J connectivity index is 1.74. The van der Waals surface area contributed by atoms with Crippen LogP contribution in [0.3, 0.4) is 0 Å². The first-order valence-corrected chi connectivity index (χ1v) is 9.95. The number of nitrogens with one attached hydrogen (secondary N) is 1. The van der Waals surface area contributed by atoms with Crippen molar-refractivity contribution in [3.63, 3.8) is 0 Å². The summed E-state index contributed by atoms with van der Waals surface area (Å²) in [6, 6.07) is 18.7. The van der Waals surface area contributed by atoms with Gasteiger partial charge in [-0.1, -0.05) is 12.1 Å². The van der Waals surface area contributed by atoms with E-state index < -0.39 is 5.91 Å². The molecular weight excluding hydrogens is 407 g/mol. The van der Waals surface area contributed by atoms with E-state index >= 15 is 0 Å². The Hall–Kier alpha value is -4.11. The number of nitrogens with zero attached hydrogens (tertiary/aromatic N) is 1. The van der Waals surface area contributed by atoms with Crippen molar-refractivity contribution in [2.75, 3.05) is 12.4 Å². The number of nitriles is 1. The van der Waals surface area contributed by atoms with Crippen LogP contribution in [0, 0.1) is 31.0 Å².